The van der Waals surface area contributed by atoms with Crippen molar-refractivity contribution >= 4 is 11.8 Å². The van der Waals surface area contributed by atoms with Gasteiger partial charge in [0.25, 0.3) is 11.1 Å². The fourth-order valence-corrected chi connectivity index (χ4v) is 2.71. The molecule has 2 aromatic carbocycles. The van der Waals surface area contributed by atoms with Crippen molar-refractivity contribution in [1.82, 2.24) is 10.2 Å². The van der Waals surface area contributed by atoms with Crippen LogP contribution in [-0.2, 0) is 6.61 Å². The zero-order valence-corrected chi connectivity index (χ0v) is 15.0. The third-order valence-electron chi connectivity index (χ3n) is 3.36. The van der Waals surface area contributed by atoms with Crippen LogP contribution < -0.4 is 9.47 Å². The molecule has 3 rings (SSSR count). The molecule has 0 aliphatic rings. The fourth-order valence-electron chi connectivity index (χ4n) is 2.12. The lowest BCUT2D eigenvalue weighted by Gasteiger charge is -2.04. The third-order valence-corrected chi connectivity index (χ3v) is 4.14. The van der Waals surface area contributed by atoms with Crippen LogP contribution in [0.15, 0.2) is 58.2 Å². The van der Waals surface area contributed by atoms with Gasteiger partial charge in [-0.15, -0.1) is 10.2 Å². The summed E-state index contributed by atoms with van der Waals surface area (Å²) < 4.78 is 16.8. The average Bonchev–Trinajstić information content (AvgIpc) is 3.12. The first-order valence-corrected chi connectivity index (χ1v) is 8.99. The maximum Gasteiger partial charge on any atom is 0.276 e. The van der Waals surface area contributed by atoms with E-state index in [4.69, 9.17) is 19.2 Å². The summed E-state index contributed by atoms with van der Waals surface area (Å²) in [7, 11) is 0. The largest absolute Gasteiger partial charge is 0.493 e. The van der Waals surface area contributed by atoms with Gasteiger partial charge >= 0.3 is 0 Å². The lowest BCUT2D eigenvalue weighted by Crippen LogP contribution is -1.99. The molecular weight excluding hydrogens is 350 g/mol. The van der Waals surface area contributed by atoms with Gasteiger partial charge in [-0.3, -0.25) is 0 Å². The maximum atomic E-state index is 8.76. The molecule has 3 aromatic rings. The van der Waals surface area contributed by atoms with Gasteiger partial charge in [-0.2, -0.15) is 5.26 Å². The number of hydrogen-bond donors (Lipinski definition) is 0. The Balaban J connectivity index is 1.40. The molecule has 0 saturated carbocycles. The Morgan fingerprint density at radius 1 is 1.08 bits per heavy atom. The smallest absolute Gasteiger partial charge is 0.276 e. The molecule has 1 aromatic heterocycles. The van der Waals surface area contributed by atoms with Gasteiger partial charge in [0.15, 0.2) is 6.61 Å². The Morgan fingerprint density at radius 3 is 2.69 bits per heavy atom. The van der Waals surface area contributed by atoms with E-state index in [1.807, 2.05) is 31.2 Å². The van der Waals surface area contributed by atoms with E-state index in [0.29, 0.717) is 29.0 Å². The second-order valence-corrected chi connectivity index (χ2v) is 6.45. The first-order chi connectivity index (χ1) is 12.7. The van der Waals surface area contributed by atoms with Crippen LogP contribution in [0.25, 0.3) is 0 Å². The van der Waals surface area contributed by atoms with Gasteiger partial charge in [0, 0.05) is 5.75 Å². The third kappa shape index (κ3) is 5.26. The number of hydrogen-bond acceptors (Lipinski definition) is 7. The summed E-state index contributed by atoms with van der Waals surface area (Å²) in [5.74, 6) is 2.60. The molecule has 6 nitrogen and oxygen atoms in total. The van der Waals surface area contributed by atoms with E-state index >= 15 is 0 Å². The molecule has 1 heterocycles. The molecule has 0 aliphatic heterocycles. The van der Waals surface area contributed by atoms with Crippen molar-refractivity contribution in [3.63, 3.8) is 0 Å². The maximum absolute atomic E-state index is 8.76. The summed E-state index contributed by atoms with van der Waals surface area (Å²) in [6.45, 7) is 2.74. The monoisotopic (exact) mass is 367 g/mol. The van der Waals surface area contributed by atoms with Crippen molar-refractivity contribution in [1.29, 1.82) is 5.26 Å². The van der Waals surface area contributed by atoms with Crippen molar-refractivity contribution in [2.75, 3.05) is 12.4 Å². The molecule has 0 fully saturated rings. The van der Waals surface area contributed by atoms with Crippen LogP contribution in [0.1, 0.15) is 17.0 Å². The van der Waals surface area contributed by atoms with Crippen molar-refractivity contribution in [2.24, 2.45) is 0 Å². The molecule has 0 unspecified atom stereocenters. The van der Waals surface area contributed by atoms with Crippen LogP contribution in [0.2, 0.25) is 0 Å². The molecule has 0 radical (unpaired) electrons. The minimum Gasteiger partial charge on any atom is -0.493 e. The van der Waals surface area contributed by atoms with Gasteiger partial charge < -0.3 is 13.9 Å². The molecule has 0 aliphatic carbocycles. The molecule has 0 atom stereocenters. The number of rotatable bonds is 8. The predicted octanol–water partition coefficient (Wildman–Crippen LogP) is 4.00. The van der Waals surface area contributed by atoms with Crippen molar-refractivity contribution in [2.45, 2.75) is 18.8 Å². The summed E-state index contributed by atoms with van der Waals surface area (Å²) in [5, 5.41) is 17.2. The van der Waals surface area contributed by atoms with Crippen LogP contribution in [-0.4, -0.2) is 22.6 Å². The molecule has 0 N–H and O–H groups in total. The fraction of sp³-hybridized carbons (Fsp3) is 0.211. The minimum absolute atomic E-state index is 0.235. The Labute approximate surface area is 155 Å². The van der Waals surface area contributed by atoms with Crippen LogP contribution >= 0.6 is 11.8 Å². The molecular formula is C19H17N3O3S. The van der Waals surface area contributed by atoms with Crippen molar-refractivity contribution in [3.05, 3.63) is 65.5 Å². The van der Waals surface area contributed by atoms with E-state index < -0.39 is 0 Å². The topological polar surface area (TPSA) is 81.2 Å². The quantitative estimate of drug-likeness (QED) is 0.440. The van der Waals surface area contributed by atoms with E-state index in [1.165, 1.54) is 11.8 Å². The summed E-state index contributed by atoms with van der Waals surface area (Å²) in [6, 6.07) is 16.9. The van der Waals surface area contributed by atoms with Crippen LogP contribution in [0.4, 0.5) is 0 Å². The highest BCUT2D eigenvalue weighted by molar-refractivity contribution is 7.99. The Morgan fingerprint density at radius 2 is 1.92 bits per heavy atom. The van der Waals surface area contributed by atoms with E-state index in [-0.39, 0.29) is 6.61 Å². The zero-order chi connectivity index (χ0) is 18.2. The van der Waals surface area contributed by atoms with Gasteiger partial charge in [0.2, 0.25) is 0 Å². The Bertz CT molecular complexity index is 888. The highest BCUT2D eigenvalue weighted by Gasteiger charge is 2.08. The summed E-state index contributed by atoms with van der Waals surface area (Å²) in [4.78, 5) is 0. The van der Waals surface area contributed by atoms with Gasteiger partial charge in [-0.05, 0) is 48.9 Å². The van der Waals surface area contributed by atoms with E-state index in [1.54, 1.807) is 24.3 Å². The van der Waals surface area contributed by atoms with E-state index in [0.717, 1.165) is 17.1 Å². The number of thioether (sulfide) groups is 1. The number of nitrogens with zero attached hydrogens (tertiary/aromatic N) is 3. The summed E-state index contributed by atoms with van der Waals surface area (Å²) in [6.07, 6.45) is 0. The number of benzene rings is 2. The lowest BCUT2D eigenvalue weighted by atomic mass is 10.2. The average molecular weight is 367 g/mol. The SMILES string of the molecule is Cc1cccc(OCc2nnc(SCCOc3ccc(C#N)cc3)o2)c1. The molecule has 26 heavy (non-hydrogen) atoms. The first-order valence-electron chi connectivity index (χ1n) is 8.00. The molecule has 0 spiro atoms. The number of aromatic nitrogens is 2. The normalized spacial score (nSPS) is 10.3. The molecule has 0 bridgehead atoms. The van der Waals surface area contributed by atoms with Crippen LogP contribution in [0.5, 0.6) is 11.5 Å². The molecule has 0 saturated heterocycles. The zero-order valence-electron chi connectivity index (χ0n) is 14.2. The first kappa shape index (κ1) is 17.8. The number of nitriles is 1. The van der Waals surface area contributed by atoms with Crippen molar-refractivity contribution in [3.8, 4) is 17.6 Å². The minimum atomic E-state index is 0.235. The number of ether oxygens (including phenoxy) is 2. The van der Waals surface area contributed by atoms with E-state index in [2.05, 4.69) is 16.3 Å². The predicted molar refractivity (Wildman–Crippen MR) is 97.2 cm³/mol. The Hall–Kier alpha value is -2.98. The molecule has 7 heteroatoms. The standard InChI is InChI=1S/C19H17N3O3S/c1-14-3-2-4-17(11-14)24-13-18-21-22-19(25-18)26-10-9-23-16-7-5-15(12-20)6-8-16/h2-8,11H,9-10,13H2,1H3. The second kappa shape index (κ2) is 8.92. The Kier molecular flexibility index (Phi) is 6.12. The highest BCUT2D eigenvalue weighted by atomic mass is 32.2. The molecule has 0 amide bonds. The van der Waals surface area contributed by atoms with Crippen LogP contribution in [0.3, 0.4) is 0 Å². The van der Waals surface area contributed by atoms with Gasteiger partial charge in [0.05, 0.1) is 18.2 Å². The van der Waals surface area contributed by atoms with E-state index in [9.17, 15) is 0 Å². The lowest BCUT2D eigenvalue weighted by molar-refractivity contribution is 0.252. The number of aryl methyl sites for hydroxylation is 1. The second-order valence-electron chi connectivity index (χ2n) is 5.40. The summed E-state index contributed by atoms with van der Waals surface area (Å²) >= 11 is 1.42. The molecule has 132 valence electrons. The van der Waals surface area contributed by atoms with Gasteiger partial charge in [-0.25, -0.2) is 0 Å². The summed E-state index contributed by atoms with van der Waals surface area (Å²) in [5.41, 5.74) is 1.74. The highest BCUT2D eigenvalue weighted by Crippen LogP contribution is 2.19. The van der Waals surface area contributed by atoms with Crippen LogP contribution in [0, 0.1) is 18.3 Å². The van der Waals surface area contributed by atoms with Crippen molar-refractivity contribution < 1.29 is 13.9 Å². The van der Waals surface area contributed by atoms with Gasteiger partial charge in [-0.1, -0.05) is 23.9 Å². The van der Waals surface area contributed by atoms with Gasteiger partial charge in [0.1, 0.15) is 11.5 Å².